The SMILES string of the molecule is C#CC.C=CC1=C(c2ccc(-c3cccc4c3-c3ccccc3C43c4ccccc4-c4ccccc43)cc2CC)C=CC(C)C1.CC.CC(C)(C)F. The molecule has 5 aromatic rings. The molecule has 3 aliphatic carbocycles. The fourth-order valence-electron chi connectivity index (χ4n) is 8.05. The highest BCUT2D eigenvalue weighted by molar-refractivity contribution is 6.00. The Morgan fingerprint density at radius 1 is 0.769 bits per heavy atom. The normalized spacial score (nSPS) is 15.3. The number of rotatable bonds is 4. The van der Waals surface area contributed by atoms with E-state index in [-0.39, 0.29) is 5.41 Å². The van der Waals surface area contributed by atoms with Gasteiger partial charge in [0.05, 0.1) is 5.41 Å². The number of halogens is 1. The molecule has 0 saturated carbocycles. The number of alkyl halides is 1. The van der Waals surface area contributed by atoms with Gasteiger partial charge >= 0.3 is 0 Å². The van der Waals surface area contributed by atoms with Crippen LogP contribution < -0.4 is 0 Å². The van der Waals surface area contributed by atoms with E-state index in [1.807, 2.05) is 13.8 Å². The summed E-state index contributed by atoms with van der Waals surface area (Å²) in [7, 11) is 0. The van der Waals surface area contributed by atoms with E-state index in [1.165, 1.54) is 98.7 Å². The third-order valence-corrected chi connectivity index (χ3v) is 9.83. The summed E-state index contributed by atoms with van der Waals surface area (Å²) in [6.07, 6.45) is 13.3. The highest BCUT2D eigenvalue weighted by atomic mass is 19.1. The average molecular weight is 685 g/mol. The van der Waals surface area contributed by atoms with Crippen molar-refractivity contribution in [3.8, 4) is 45.7 Å². The van der Waals surface area contributed by atoms with E-state index in [9.17, 15) is 4.39 Å². The van der Waals surface area contributed by atoms with Crippen LogP contribution >= 0.6 is 0 Å². The second kappa shape index (κ2) is 16.0. The number of benzene rings is 5. The van der Waals surface area contributed by atoms with Crippen LogP contribution in [0.5, 0.6) is 0 Å². The number of terminal acetylenes is 1. The first kappa shape index (κ1) is 38.1. The molecule has 5 aromatic carbocycles. The van der Waals surface area contributed by atoms with Crippen molar-refractivity contribution in [2.75, 3.05) is 0 Å². The van der Waals surface area contributed by atoms with Crippen molar-refractivity contribution in [2.24, 2.45) is 5.92 Å². The standard InChI is InChI=1S/C42H34.C4H9F.C3H4.C2H6/c1-4-28-25-27(3)21-23-31(28)32-24-22-30(26-29(32)5-2)33-16-12-20-40-41(33)36-15-8-11-19-39(36)42(40)37-17-9-6-13-34(37)35-14-7-10-18-38(35)42;1-4(2,3)5;1-3-2;1-2/h4,6-24,26-27H,1,5,25H2,2-3H3;1-3H3;1H,2H3;1-2H3. The second-order valence-corrected chi connectivity index (χ2v) is 14.4. The molecule has 0 N–H and O–H groups in total. The van der Waals surface area contributed by atoms with Gasteiger partial charge < -0.3 is 0 Å². The van der Waals surface area contributed by atoms with Crippen LogP contribution in [0.3, 0.4) is 0 Å². The van der Waals surface area contributed by atoms with Crippen LogP contribution in [-0.2, 0) is 11.8 Å². The topological polar surface area (TPSA) is 0 Å². The van der Waals surface area contributed by atoms with Gasteiger partial charge in [0, 0.05) is 0 Å². The zero-order valence-electron chi connectivity index (χ0n) is 32.3. The molecule has 0 nitrogen and oxygen atoms in total. The molecule has 1 heteroatoms. The zero-order chi connectivity index (χ0) is 37.6. The largest absolute Gasteiger partial charge is 0.245 e. The highest BCUT2D eigenvalue weighted by Crippen LogP contribution is 2.63. The lowest BCUT2D eigenvalue weighted by Gasteiger charge is -2.30. The third-order valence-electron chi connectivity index (χ3n) is 9.83. The van der Waals surface area contributed by atoms with E-state index < -0.39 is 5.67 Å². The Bertz CT molecular complexity index is 2120. The molecule has 52 heavy (non-hydrogen) atoms. The number of fused-ring (bicyclic) bond motifs is 10. The summed E-state index contributed by atoms with van der Waals surface area (Å²) >= 11 is 0. The molecule has 0 aliphatic heterocycles. The maximum absolute atomic E-state index is 11.7. The lowest BCUT2D eigenvalue weighted by molar-refractivity contribution is 0.246. The van der Waals surface area contributed by atoms with Crippen LogP contribution in [0.4, 0.5) is 4.39 Å². The number of allylic oxidation sites excluding steroid dienone is 5. The molecule has 1 atom stereocenters. The van der Waals surface area contributed by atoms with Crippen molar-refractivity contribution in [1.29, 1.82) is 0 Å². The van der Waals surface area contributed by atoms with Gasteiger partial charge in [0.1, 0.15) is 5.67 Å². The predicted octanol–water partition coefficient (Wildman–Crippen LogP) is 14.2. The molecule has 0 amide bonds. The second-order valence-electron chi connectivity index (χ2n) is 14.4. The van der Waals surface area contributed by atoms with Crippen molar-refractivity contribution in [3.05, 3.63) is 173 Å². The maximum atomic E-state index is 11.7. The minimum absolute atomic E-state index is 0.310. The molecule has 0 radical (unpaired) electrons. The van der Waals surface area contributed by atoms with Crippen molar-refractivity contribution in [3.63, 3.8) is 0 Å². The molecule has 0 heterocycles. The summed E-state index contributed by atoms with van der Waals surface area (Å²) < 4.78 is 11.7. The van der Waals surface area contributed by atoms with Gasteiger partial charge in [-0.25, -0.2) is 4.39 Å². The summed E-state index contributed by atoms with van der Waals surface area (Å²) in [4.78, 5) is 0. The lowest BCUT2D eigenvalue weighted by Crippen LogP contribution is -2.25. The van der Waals surface area contributed by atoms with Gasteiger partial charge in [-0.1, -0.05) is 162 Å². The van der Waals surface area contributed by atoms with E-state index in [0.29, 0.717) is 5.92 Å². The molecule has 0 bridgehead atoms. The van der Waals surface area contributed by atoms with Gasteiger partial charge in [-0.2, -0.15) is 0 Å². The van der Waals surface area contributed by atoms with E-state index in [2.05, 4.69) is 160 Å². The van der Waals surface area contributed by atoms with Crippen LogP contribution in [0.1, 0.15) is 95.2 Å². The van der Waals surface area contributed by atoms with Crippen LogP contribution in [0, 0.1) is 18.3 Å². The minimum Gasteiger partial charge on any atom is -0.245 e. The van der Waals surface area contributed by atoms with Gasteiger partial charge in [0.15, 0.2) is 0 Å². The Kier molecular flexibility index (Phi) is 11.7. The summed E-state index contributed by atoms with van der Waals surface area (Å²) in [5, 5.41) is 0. The van der Waals surface area contributed by atoms with Crippen molar-refractivity contribution in [2.45, 2.75) is 79.3 Å². The van der Waals surface area contributed by atoms with E-state index in [4.69, 9.17) is 0 Å². The minimum atomic E-state index is -1.00. The van der Waals surface area contributed by atoms with Crippen molar-refractivity contribution >= 4 is 5.57 Å². The highest BCUT2D eigenvalue weighted by Gasteiger charge is 2.51. The maximum Gasteiger partial charge on any atom is 0.102 e. The molecule has 3 aliphatic rings. The molecule has 264 valence electrons. The molecular formula is C51H53F. The lowest BCUT2D eigenvalue weighted by atomic mass is 9.70. The first-order chi connectivity index (χ1) is 25.1. The van der Waals surface area contributed by atoms with Crippen molar-refractivity contribution < 1.29 is 4.39 Å². The third kappa shape index (κ3) is 6.88. The van der Waals surface area contributed by atoms with Gasteiger partial charge in [-0.15, -0.1) is 12.3 Å². The number of aryl methyl sites for hydroxylation is 1. The molecule has 0 saturated heterocycles. The monoisotopic (exact) mass is 684 g/mol. The smallest absolute Gasteiger partial charge is 0.102 e. The first-order valence-electron chi connectivity index (χ1n) is 18.7. The summed E-state index contributed by atoms with van der Waals surface area (Å²) in [6, 6.07) is 41.3. The van der Waals surface area contributed by atoms with E-state index in [1.54, 1.807) is 6.92 Å². The molecule has 1 spiro atoms. The Labute approximate surface area is 312 Å². The van der Waals surface area contributed by atoms with Gasteiger partial charge in [-0.05, 0) is 124 Å². The number of hydrogen-bond acceptors (Lipinski definition) is 0. The number of hydrogen-bond donors (Lipinski definition) is 0. The molecule has 8 rings (SSSR count). The van der Waals surface area contributed by atoms with Crippen LogP contribution in [-0.4, -0.2) is 5.67 Å². The fraction of sp³-hybridized carbons (Fsp3) is 0.255. The Morgan fingerprint density at radius 3 is 1.79 bits per heavy atom. The van der Waals surface area contributed by atoms with E-state index in [0.717, 1.165) is 12.8 Å². The van der Waals surface area contributed by atoms with Crippen LogP contribution in [0.15, 0.2) is 140 Å². The quantitative estimate of drug-likeness (QED) is 0.162. The fourth-order valence-corrected chi connectivity index (χ4v) is 8.05. The Hall–Kier alpha value is -5.19. The average Bonchev–Trinajstić information content (AvgIpc) is 3.63. The van der Waals surface area contributed by atoms with Crippen LogP contribution in [0.25, 0.3) is 39.0 Å². The van der Waals surface area contributed by atoms with Gasteiger partial charge in [0.25, 0.3) is 0 Å². The summed E-state index contributed by atoms with van der Waals surface area (Å²) in [5.41, 5.74) is 17.6. The Balaban J connectivity index is 0.000000471. The molecular weight excluding hydrogens is 632 g/mol. The molecule has 0 fully saturated rings. The van der Waals surface area contributed by atoms with Crippen LogP contribution in [0.2, 0.25) is 0 Å². The predicted molar refractivity (Wildman–Crippen MR) is 224 cm³/mol. The molecule has 0 aromatic heterocycles. The Morgan fingerprint density at radius 2 is 1.25 bits per heavy atom. The summed E-state index contributed by atoms with van der Waals surface area (Å²) in [5.74, 6) is 2.80. The summed E-state index contributed by atoms with van der Waals surface area (Å²) in [6.45, 7) is 18.9. The molecule has 1 unspecified atom stereocenters. The first-order valence-corrected chi connectivity index (χ1v) is 18.7. The zero-order valence-corrected chi connectivity index (χ0v) is 32.3. The van der Waals surface area contributed by atoms with Crippen molar-refractivity contribution in [1.82, 2.24) is 0 Å². The van der Waals surface area contributed by atoms with Gasteiger partial charge in [0.2, 0.25) is 0 Å². The van der Waals surface area contributed by atoms with E-state index >= 15 is 0 Å². The van der Waals surface area contributed by atoms with Gasteiger partial charge in [-0.3, -0.25) is 0 Å².